The lowest BCUT2D eigenvalue weighted by Crippen LogP contribution is -2.38. The van der Waals surface area contributed by atoms with Crippen molar-refractivity contribution in [3.8, 4) is 0 Å². The van der Waals surface area contributed by atoms with Crippen LogP contribution in [0, 0.1) is 11.8 Å². The number of carbonyl (C=O) groups excluding carboxylic acids is 1. The standard InChI is InChI=1S/C13H23NO3/c1-9(15)12-5-6-14(7-12)13(16)10(2)17-8-11-3-4-11/h9-12,15H,3-8H2,1-2H3. The second-order valence-corrected chi connectivity index (χ2v) is 5.49. The fraction of sp³-hybridized carbons (Fsp3) is 0.923. The van der Waals surface area contributed by atoms with Crippen LogP contribution < -0.4 is 0 Å². The number of nitrogens with zero attached hydrogens (tertiary/aromatic N) is 1. The summed E-state index contributed by atoms with van der Waals surface area (Å²) in [6, 6.07) is 0. The Labute approximate surface area is 103 Å². The topological polar surface area (TPSA) is 49.8 Å². The molecule has 1 aliphatic heterocycles. The molecule has 0 aromatic rings. The Bertz CT molecular complexity index is 276. The van der Waals surface area contributed by atoms with Gasteiger partial charge in [0.1, 0.15) is 6.10 Å². The Morgan fingerprint density at radius 1 is 1.41 bits per heavy atom. The van der Waals surface area contributed by atoms with Gasteiger partial charge < -0.3 is 14.7 Å². The zero-order valence-corrected chi connectivity index (χ0v) is 10.8. The fourth-order valence-electron chi connectivity index (χ4n) is 2.27. The summed E-state index contributed by atoms with van der Waals surface area (Å²) < 4.78 is 5.58. The molecule has 17 heavy (non-hydrogen) atoms. The minimum atomic E-state index is -0.330. The number of amides is 1. The summed E-state index contributed by atoms with van der Waals surface area (Å²) in [6.07, 6.45) is 2.74. The van der Waals surface area contributed by atoms with Gasteiger partial charge in [-0.1, -0.05) is 0 Å². The minimum Gasteiger partial charge on any atom is -0.393 e. The van der Waals surface area contributed by atoms with Crippen molar-refractivity contribution in [2.75, 3.05) is 19.7 Å². The second-order valence-electron chi connectivity index (χ2n) is 5.49. The zero-order chi connectivity index (χ0) is 12.4. The number of ether oxygens (including phenoxy) is 1. The Morgan fingerprint density at radius 2 is 2.12 bits per heavy atom. The van der Waals surface area contributed by atoms with Crippen LogP contribution in [0.4, 0.5) is 0 Å². The van der Waals surface area contributed by atoms with Crippen LogP contribution in [0.3, 0.4) is 0 Å². The third-order valence-electron chi connectivity index (χ3n) is 3.85. The maximum absolute atomic E-state index is 12.1. The monoisotopic (exact) mass is 241 g/mol. The van der Waals surface area contributed by atoms with Gasteiger partial charge in [0.15, 0.2) is 0 Å². The van der Waals surface area contributed by atoms with Gasteiger partial charge >= 0.3 is 0 Å². The third kappa shape index (κ3) is 3.42. The molecule has 1 N–H and O–H groups in total. The molecule has 1 heterocycles. The minimum absolute atomic E-state index is 0.0776. The highest BCUT2D eigenvalue weighted by Gasteiger charge is 2.32. The highest BCUT2D eigenvalue weighted by Crippen LogP contribution is 2.29. The summed E-state index contributed by atoms with van der Waals surface area (Å²) >= 11 is 0. The van der Waals surface area contributed by atoms with Crippen molar-refractivity contribution in [3.05, 3.63) is 0 Å². The third-order valence-corrected chi connectivity index (χ3v) is 3.85. The van der Waals surface area contributed by atoms with E-state index in [0.717, 1.165) is 19.6 Å². The molecule has 1 saturated heterocycles. The lowest BCUT2D eigenvalue weighted by atomic mass is 10.0. The summed E-state index contributed by atoms with van der Waals surface area (Å²) in [7, 11) is 0. The van der Waals surface area contributed by atoms with Crippen molar-refractivity contribution in [1.82, 2.24) is 4.90 Å². The van der Waals surface area contributed by atoms with Gasteiger partial charge in [-0.05, 0) is 39.0 Å². The molecule has 0 aromatic carbocycles. The Kier molecular flexibility index (Phi) is 4.05. The van der Waals surface area contributed by atoms with Crippen molar-refractivity contribution in [2.45, 2.75) is 45.3 Å². The van der Waals surface area contributed by atoms with Gasteiger partial charge in [0.2, 0.25) is 0 Å². The molecule has 2 aliphatic rings. The van der Waals surface area contributed by atoms with Gasteiger partial charge in [-0.25, -0.2) is 0 Å². The average Bonchev–Trinajstić information content (AvgIpc) is 2.99. The Morgan fingerprint density at radius 3 is 2.65 bits per heavy atom. The fourth-order valence-corrected chi connectivity index (χ4v) is 2.27. The van der Waals surface area contributed by atoms with E-state index in [-0.39, 0.29) is 24.0 Å². The molecular weight excluding hydrogens is 218 g/mol. The van der Waals surface area contributed by atoms with Crippen molar-refractivity contribution in [3.63, 3.8) is 0 Å². The quantitative estimate of drug-likeness (QED) is 0.782. The Hall–Kier alpha value is -0.610. The molecule has 3 unspecified atom stereocenters. The van der Waals surface area contributed by atoms with Gasteiger partial charge in [-0.3, -0.25) is 4.79 Å². The van der Waals surface area contributed by atoms with Crippen LogP contribution in [-0.4, -0.2) is 47.8 Å². The van der Waals surface area contributed by atoms with Crippen LogP contribution in [0.2, 0.25) is 0 Å². The molecule has 2 rings (SSSR count). The Balaban J connectivity index is 1.74. The van der Waals surface area contributed by atoms with Crippen molar-refractivity contribution < 1.29 is 14.6 Å². The molecule has 2 fully saturated rings. The molecule has 0 spiro atoms. The first kappa shape index (κ1) is 12.8. The lowest BCUT2D eigenvalue weighted by Gasteiger charge is -2.21. The molecular formula is C13H23NO3. The van der Waals surface area contributed by atoms with E-state index in [9.17, 15) is 9.90 Å². The maximum Gasteiger partial charge on any atom is 0.251 e. The lowest BCUT2D eigenvalue weighted by molar-refractivity contribution is -0.142. The van der Waals surface area contributed by atoms with Crippen LogP contribution in [0.25, 0.3) is 0 Å². The largest absolute Gasteiger partial charge is 0.393 e. The summed E-state index contributed by atoms with van der Waals surface area (Å²) in [5, 5.41) is 9.51. The second kappa shape index (κ2) is 5.36. The van der Waals surface area contributed by atoms with E-state index < -0.39 is 0 Å². The molecule has 3 atom stereocenters. The van der Waals surface area contributed by atoms with Gasteiger partial charge in [-0.2, -0.15) is 0 Å². The van der Waals surface area contributed by atoms with E-state index in [1.807, 2.05) is 11.8 Å². The first-order valence-corrected chi connectivity index (χ1v) is 6.66. The predicted octanol–water partition coefficient (Wildman–Crippen LogP) is 1.03. The molecule has 1 saturated carbocycles. The number of hydrogen-bond donors (Lipinski definition) is 1. The first-order valence-electron chi connectivity index (χ1n) is 6.66. The van der Waals surface area contributed by atoms with Crippen LogP contribution in [0.1, 0.15) is 33.1 Å². The first-order chi connectivity index (χ1) is 8.08. The summed E-state index contributed by atoms with van der Waals surface area (Å²) in [5.41, 5.74) is 0. The van der Waals surface area contributed by atoms with E-state index in [1.54, 1.807) is 6.92 Å². The molecule has 1 aliphatic carbocycles. The summed E-state index contributed by atoms with van der Waals surface area (Å²) in [6.45, 7) is 5.78. The van der Waals surface area contributed by atoms with E-state index in [2.05, 4.69) is 0 Å². The number of carbonyl (C=O) groups is 1. The number of aliphatic hydroxyl groups excluding tert-OH is 1. The molecule has 98 valence electrons. The zero-order valence-electron chi connectivity index (χ0n) is 10.8. The number of aliphatic hydroxyl groups is 1. The molecule has 4 nitrogen and oxygen atoms in total. The number of rotatable bonds is 5. The highest BCUT2D eigenvalue weighted by molar-refractivity contribution is 5.80. The summed E-state index contributed by atoms with van der Waals surface area (Å²) in [4.78, 5) is 13.9. The van der Waals surface area contributed by atoms with Gasteiger partial charge in [0.25, 0.3) is 5.91 Å². The SMILES string of the molecule is CC(OCC1CC1)C(=O)N1CCC(C(C)O)C1. The van der Waals surface area contributed by atoms with Crippen LogP contribution >= 0.6 is 0 Å². The van der Waals surface area contributed by atoms with Crippen LogP contribution in [-0.2, 0) is 9.53 Å². The molecule has 4 heteroatoms. The normalized spacial score (nSPS) is 28.2. The van der Waals surface area contributed by atoms with E-state index in [1.165, 1.54) is 12.8 Å². The maximum atomic E-state index is 12.1. The number of likely N-dealkylation sites (tertiary alicyclic amines) is 1. The van der Waals surface area contributed by atoms with Crippen molar-refractivity contribution in [2.24, 2.45) is 11.8 Å². The van der Waals surface area contributed by atoms with Gasteiger partial charge in [-0.15, -0.1) is 0 Å². The molecule has 0 aromatic heterocycles. The average molecular weight is 241 g/mol. The van der Waals surface area contributed by atoms with E-state index in [0.29, 0.717) is 12.5 Å². The van der Waals surface area contributed by atoms with Crippen molar-refractivity contribution in [1.29, 1.82) is 0 Å². The van der Waals surface area contributed by atoms with Gasteiger partial charge in [0, 0.05) is 19.0 Å². The predicted molar refractivity (Wildman–Crippen MR) is 64.5 cm³/mol. The molecule has 0 bridgehead atoms. The van der Waals surface area contributed by atoms with Gasteiger partial charge in [0.05, 0.1) is 12.7 Å². The highest BCUT2D eigenvalue weighted by atomic mass is 16.5. The number of hydrogen-bond acceptors (Lipinski definition) is 3. The van der Waals surface area contributed by atoms with Crippen LogP contribution in [0.5, 0.6) is 0 Å². The molecule has 1 amide bonds. The van der Waals surface area contributed by atoms with E-state index >= 15 is 0 Å². The summed E-state index contributed by atoms with van der Waals surface area (Å²) in [5.74, 6) is 0.998. The molecule has 0 radical (unpaired) electrons. The van der Waals surface area contributed by atoms with Crippen molar-refractivity contribution >= 4 is 5.91 Å². The van der Waals surface area contributed by atoms with E-state index in [4.69, 9.17) is 4.74 Å². The smallest absolute Gasteiger partial charge is 0.251 e. The van der Waals surface area contributed by atoms with Crippen LogP contribution in [0.15, 0.2) is 0 Å².